The SMILES string of the molecule is CCN1CCN(c2ccc(NC(=O)c3cnc[nH]3)cc2)CC1. The van der Waals surface area contributed by atoms with Crippen LogP contribution >= 0.6 is 0 Å². The number of hydrogen-bond acceptors (Lipinski definition) is 4. The lowest BCUT2D eigenvalue weighted by molar-refractivity contribution is 0.102. The number of carbonyl (C=O) groups is 1. The summed E-state index contributed by atoms with van der Waals surface area (Å²) in [5.41, 5.74) is 2.45. The van der Waals surface area contributed by atoms with Gasteiger partial charge in [0.2, 0.25) is 0 Å². The van der Waals surface area contributed by atoms with Crippen molar-refractivity contribution in [3.63, 3.8) is 0 Å². The Morgan fingerprint density at radius 3 is 2.55 bits per heavy atom. The first-order valence-corrected chi connectivity index (χ1v) is 7.63. The summed E-state index contributed by atoms with van der Waals surface area (Å²) >= 11 is 0. The van der Waals surface area contributed by atoms with Gasteiger partial charge in [0.05, 0.1) is 12.5 Å². The number of nitrogens with one attached hydrogen (secondary N) is 2. The number of H-pyrrole nitrogens is 1. The van der Waals surface area contributed by atoms with Crippen molar-refractivity contribution in [2.45, 2.75) is 6.92 Å². The van der Waals surface area contributed by atoms with Gasteiger partial charge in [-0.2, -0.15) is 0 Å². The number of aromatic nitrogens is 2. The molecule has 0 radical (unpaired) electrons. The van der Waals surface area contributed by atoms with E-state index in [2.05, 4.69) is 44.1 Å². The minimum atomic E-state index is -0.179. The molecule has 0 spiro atoms. The minimum absolute atomic E-state index is 0.179. The van der Waals surface area contributed by atoms with E-state index in [1.165, 1.54) is 18.2 Å². The van der Waals surface area contributed by atoms with Gasteiger partial charge in [-0.15, -0.1) is 0 Å². The zero-order chi connectivity index (χ0) is 15.4. The van der Waals surface area contributed by atoms with Crippen LogP contribution in [-0.2, 0) is 0 Å². The van der Waals surface area contributed by atoms with Gasteiger partial charge in [-0.1, -0.05) is 6.92 Å². The van der Waals surface area contributed by atoms with E-state index < -0.39 is 0 Å². The standard InChI is InChI=1S/C16H21N5O/c1-2-20-7-9-21(10-8-20)14-5-3-13(4-6-14)19-16(22)15-11-17-12-18-15/h3-6,11-12H,2,7-10H2,1H3,(H,17,18)(H,19,22). The fraction of sp³-hybridized carbons (Fsp3) is 0.375. The van der Waals surface area contributed by atoms with Gasteiger partial charge < -0.3 is 20.1 Å². The van der Waals surface area contributed by atoms with E-state index in [0.717, 1.165) is 38.4 Å². The molecule has 2 heterocycles. The molecule has 0 aliphatic carbocycles. The van der Waals surface area contributed by atoms with Crippen molar-refractivity contribution in [3.05, 3.63) is 42.5 Å². The third kappa shape index (κ3) is 3.28. The largest absolute Gasteiger partial charge is 0.369 e. The fourth-order valence-electron chi connectivity index (χ4n) is 2.66. The summed E-state index contributed by atoms with van der Waals surface area (Å²) in [6.45, 7) is 7.63. The Hall–Kier alpha value is -2.34. The first kappa shape index (κ1) is 14.6. The van der Waals surface area contributed by atoms with Crippen molar-refractivity contribution in [1.29, 1.82) is 0 Å². The molecule has 116 valence electrons. The second-order valence-electron chi connectivity index (χ2n) is 5.39. The zero-order valence-corrected chi connectivity index (χ0v) is 12.7. The summed E-state index contributed by atoms with van der Waals surface area (Å²) in [4.78, 5) is 23.4. The molecule has 2 N–H and O–H groups in total. The molecule has 1 aromatic heterocycles. The van der Waals surface area contributed by atoms with Crippen LogP contribution in [-0.4, -0.2) is 53.5 Å². The fourth-order valence-corrected chi connectivity index (χ4v) is 2.66. The quantitative estimate of drug-likeness (QED) is 0.903. The summed E-state index contributed by atoms with van der Waals surface area (Å²) in [5.74, 6) is -0.179. The van der Waals surface area contributed by atoms with Crippen LogP contribution in [0.3, 0.4) is 0 Å². The molecule has 1 aliphatic rings. The van der Waals surface area contributed by atoms with E-state index in [4.69, 9.17) is 0 Å². The highest BCUT2D eigenvalue weighted by Crippen LogP contribution is 2.19. The number of carbonyl (C=O) groups excluding carboxylic acids is 1. The van der Waals surface area contributed by atoms with Crippen LogP contribution in [0.15, 0.2) is 36.8 Å². The predicted octanol–water partition coefficient (Wildman–Crippen LogP) is 1.80. The first-order valence-electron chi connectivity index (χ1n) is 7.63. The lowest BCUT2D eigenvalue weighted by Gasteiger charge is -2.35. The number of benzene rings is 1. The number of amides is 1. The summed E-state index contributed by atoms with van der Waals surface area (Å²) in [6.07, 6.45) is 3.00. The van der Waals surface area contributed by atoms with Gasteiger partial charge in [0, 0.05) is 37.6 Å². The predicted molar refractivity (Wildman–Crippen MR) is 87.3 cm³/mol. The number of imidazole rings is 1. The molecule has 0 unspecified atom stereocenters. The maximum Gasteiger partial charge on any atom is 0.273 e. The molecule has 0 bridgehead atoms. The van der Waals surface area contributed by atoms with Crippen LogP contribution in [0.4, 0.5) is 11.4 Å². The Morgan fingerprint density at radius 1 is 1.23 bits per heavy atom. The van der Waals surface area contributed by atoms with Crippen LogP contribution in [0, 0.1) is 0 Å². The summed E-state index contributed by atoms with van der Waals surface area (Å²) in [5, 5.41) is 2.85. The van der Waals surface area contributed by atoms with E-state index in [-0.39, 0.29) is 5.91 Å². The summed E-state index contributed by atoms with van der Waals surface area (Å²) in [6, 6.07) is 8.00. The molecule has 1 saturated heterocycles. The highest BCUT2D eigenvalue weighted by molar-refractivity contribution is 6.02. The summed E-state index contributed by atoms with van der Waals surface area (Å²) < 4.78 is 0. The van der Waals surface area contributed by atoms with E-state index in [9.17, 15) is 4.79 Å². The van der Waals surface area contributed by atoms with Gasteiger partial charge >= 0.3 is 0 Å². The Labute approximate surface area is 130 Å². The molecule has 6 heteroatoms. The molecular weight excluding hydrogens is 278 g/mol. The normalized spacial score (nSPS) is 15.8. The topological polar surface area (TPSA) is 64.3 Å². The molecule has 6 nitrogen and oxygen atoms in total. The third-order valence-electron chi connectivity index (χ3n) is 4.05. The van der Waals surface area contributed by atoms with Crippen LogP contribution in [0.2, 0.25) is 0 Å². The van der Waals surface area contributed by atoms with E-state index in [1.54, 1.807) is 0 Å². The molecule has 1 fully saturated rings. The lowest BCUT2D eigenvalue weighted by atomic mass is 10.2. The molecular formula is C16H21N5O. The number of anilines is 2. The maximum atomic E-state index is 11.9. The van der Waals surface area contributed by atoms with Gasteiger partial charge in [-0.25, -0.2) is 4.98 Å². The van der Waals surface area contributed by atoms with E-state index >= 15 is 0 Å². The van der Waals surface area contributed by atoms with E-state index in [1.807, 2.05) is 12.1 Å². The molecule has 0 atom stereocenters. The van der Waals surface area contributed by atoms with Gasteiger partial charge in [-0.05, 0) is 30.8 Å². The second-order valence-corrected chi connectivity index (χ2v) is 5.39. The zero-order valence-electron chi connectivity index (χ0n) is 12.7. The summed E-state index contributed by atoms with van der Waals surface area (Å²) in [7, 11) is 0. The highest BCUT2D eigenvalue weighted by atomic mass is 16.1. The Balaban J connectivity index is 1.60. The molecule has 1 aromatic carbocycles. The Kier molecular flexibility index (Phi) is 4.39. The van der Waals surface area contributed by atoms with Crippen molar-refractivity contribution < 1.29 is 4.79 Å². The Bertz CT molecular complexity index is 600. The lowest BCUT2D eigenvalue weighted by Crippen LogP contribution is -2.46. The van der Waals surface area contributed by atoms with Gasteiger partial charge in [0.1, 0.15) is 5.69 Å². The van der Waals surface area contributed by atoms with Crippen LogP contribution in [0.5, 0.6) is 0 Å². The Morgan fingerprint density at radius 2 is 1.95 bits per heavy atom. The first-order chi connectivity index (χ1) is 10.8. The van der Waals surface area contributed by atoms with Crippen molar-refractivity contribution >= 4 is 17.3 Å². The van der Waals surface area contributed by atoms with Gasteiger partial charge in [0.25, 0.3) is 5.91 Å². The number of likely N-dealkylation sites (N-methyl/N-ethyl adjacent to an activating group) is 1. The molecule has 2 aromatic rings. The van der Waals surface area contributed by atoms with Crippen molar-refractivity contribution in [1.82, 2.24) is 14.9 Å². The average Bonchev–Trinajstić information content (AvgIpc) is 3.10. The number of aromatic amines is 1. The molecule has 1 aliphatic heterocycles. The van der Waals surface area contributed by atoms with Crippen molar-refractivity contribution in [2.24, 2.45) is 0 Å². The van der Waals surface area contributed by atoms with Gasteiger partial charge in [0.15, 0.2) is 0 Å². The number of hydrogen-bond donors (Lipinski definition) is 2. The molecule has 3 rings (SSSR count). The monoisotopic (exact) mass is 299 g/mol. The van der Waals surface area contributed by atoms with Crippen molar-refractivity contribution in [2.75, 3.05) is 42.9 Å². The third-order valence-corrected chi connectivity index (χ3v) is 4.05. The van der Waals surface area contributed by atoms with E-state index in [0.29, 0.717) is 5.69 Å². The highest BCUT2D eigenvalue weighted by Gasteiger charge is 2.15. The van der Waals surface area contributed by atoms with Crippen LogP contribution in [0.1, 0.15) is 17.4 Å². The number of rotatable bonds is 4. The molecule has 1 amide bonds. The van der Waals surface area contributed by atoms with Crippen molar-refractivity contribution in [3.8, 4) is 0 Å². The van der Waals surface area contributed by atoms with Crippen LogP contribution < -0.4 is 10.2 Å². The number of nitrogens with zero attached hydrogens (tertiary/aromatic N) is 3. The van der Waals surface area contributed by atoms with Crippen LogP contribution in [0.25, 0.3) is 0 Å². The average molecular weight is 299 g/mol. The molecule has 22 heavy (non-hydrogen) atoms. The number of piperazine rings is 1. The minimum Gasteiger partial charge on any atom is -0.369 e. The smallest absolute Gasteiger partial charge is 0.273 e. The van der Waals surface area contributed by atoms with Gasteiger partial charge in [-0.3, -0.25) is 4.79 Å². The molecule has 0 saturated carbocycles. The second kappa shape index (κ2) is 6.62. The maximum absolute atomic E-state index is 11.9.